The third-order valence-electron chi connectivity index (χ3n) is 3.47. The molecule has 1 heterocycles. The van der Waals surface area contributed by atoms with E-state index < -0.39 is 6.04 Å². The molecular weight excluding hydrogens is 281 g/mol. The first kappa shape index (κ1) is 14.2. The molecule has 0 bridgehead atoms. The van der Waals surface area contributed by atoms with Gasteiger partial charge in [-0.25, -0.2) is 9.49 Å². The van der Waals surface area contributed by atoms with Crippen molar-refractivity contribution in [1.29, 1.82) is 0 Å². The van der Waals surface area contributed by atoms with Crippen LogP contribution in [0.15, 0.2) is 65.5 Å². The largest absolute Gasteiger partial charge is 0.320 e. The Morgan fingerprint density at radius 2 is 1.73 bits per heavy atom. The van der Waals surface area contributed by atoms with E-state index in [0.29, 0.717) is 16.8 Å². The Morgan fingerprint density at radius 1 is 1.05 bits per heavy atom. The number of nitrogens with two attached hydrogens (primary N) is 1. The molecule has 0 saturated heterocycles. The van der Waals surface area contributed by atoms with Crippen LogP contribution in [-0.2, 0) is 0 Å². The summed E-state index contributed by atoms with van der Waals surface area (Å²) in [7, 11) is 0. The molecule has 0 aliphatic heterocycles. The summed E-state index contributed by atoms with van der Waals surface area (Å²) < 4.78 is 13.0. The zero-order valence-electron chi connectivity index (χ0n) is 11.7. The van der Waals surface area contributed by atoms with Crippen molar-refractivity contribution in [3.63, 3.8) is 0 Å². The minimum Gasteiger partial charge on any atom is -0.320 e. The van der Waals surface area contributed by atoms with Gasteiger partial charge in [0.25, 0.3) is 5.56 Å². The maximum atomic E-state index is 13.0. The molecule has 0 amide bonds. The first-order valence-electron chi connectivity index (χ1n) is 6.81. The maximum Gasteiger partial charge on any atom is 0.269 e. The Kier molecular flexibility index (Phi) is 3.80. The molecule has 0 aliphatic rings. The maximum absolute atomic E-state index is 13.0. The van der Waals surface area contributed by atoms with E-state index in [-0.39, 0.29) is 11.4 Å². The molecule has 4 nitrogen and oxygen atoms in total. The second kappa shape index (κ2) is 5.91. The van der Waals surface area contributed by atoms with E-state index in [1.54, 1.807) is 18.2 Å². The van der Waals surface area contributed by atoms with Crippen LogP contribution in [0.2, 0.25) is 0 Å². The van der Waals surface area contributed by atoms with Crippen molar-refractivity contribution in [3.8, 4) is 11.3 Å². The number of hydrogen-bond acceptors (Lipinski definition) is 3. The lowest BCUT2D eigenvalue weighted by Crippen LogP contribution is -2.23. The Bertz CT molecular complexity index is 829. The first-order valence-corrected chi connectivity index (χ1v) is 6.81. The van der Waals surface area contributed by atoms with Crippen LogP contribution in [0.4, 0.5) is 4.39 Å². The predicted octanol–water partition coefficient (Wildman–Crippen LogP) is 2.62. The van der Waals surface area contributed by atoms with E-state index in [9.17, 15) is 9.18 Å². The van der Waals surface area contributed by atoms with Crippen molar-refractivity contribution in [2.45, 2.75) is 6.04 Å². The minimum absolute atomic E-state index is 0.325. The summed E-state index contributed by atoms with van der Waals surface area (Å²) in [4.78, 5) is 12.0. The topological polar surface area (TPSA) is 71.8 Å². The van der Waals surface area contributed by atoms with Gasteiger partial charge in [0.15, 0.2) is 0 Å². The van der Waals surface area contributed by atoms with Gasteiger partial charge in [0.2, 0.25) is 0 Å². The molecule has 3 N–H and O–H groups in total. The molecular formula is C17H14FN3O. The lowest BCUT2D eigenvalue weighted by Gasteiger charge is -2.12. The van der Waals surface area contributed by atoms with Crippen LogP contribution in [0.25, 0.3) is 11.3 Å². The van der Waals surface area contributed by atoms with Crippen LogP contribution in [0, 0.1) is 5.82 Å². The predicted molar refractivity (Wildman–Crippen MR) is 82.7 cm³/mol. The highest BCUT2D eigenvalue weighted by molar-refractivity contribution is 5.59. The summed E-state index contributed by atoms with van der Waals surface area (Å²) in [5.41, 5.74) is 8.35. The lowest BCUT2D eigenvalue weighted by atomic mass is 9.99. The van der Waals surface area contributed by atoms with Crippen LogP contribution in [-0.4, -0.2) is 10.2 Å². The summed E-state index contributed by atoms with van der Waals surface area (Å²) in [6.45, 7) is 0. The molecule has 0 saturated carbocycles. The number of H-pyrrole nitrogens is 1. The quantitative estimate of drug-likeness (QED) is 0.780. The number of rotatable bonds is 3. The van der Waals surface area contributed by atoms with Crippen molar-refractivity contribution in [2.24, 2.45) is 5.73 Å². The highest BCUT2D eigenvalue weighted by atomic mass is 19.1. The highest BCUT2D eigenvalue weighted by Crippen LogP contribution is 2.21. The van der Waals surface area contributed by atoms with Gasteiger partial charge in [-0.2, -0.15) is 5.10 Å². The Morgan fingerprint density at radius 3 is 2.41 bits per heavy atom. The van der Waals surface area contributed by atoms with Gasteiger partial charge in [-0.15, -0.1) is 0 Å². The monoisotopic (exact) mass is 295 g/mol. The van der Waals surface area contributed by atoms with Crippen LogP contribution in [0.5, 0.6) is 0 Å². The van der Waals surface area contributed by atoms with Crippen molar-refractivity contribution in [2.75, 3.05) is 0 Å². The van der Waals surface area contributed by atoms with E-state index in [4.69, 9.17) is 5.73 Å². The van der Waals surface area contributed by atoms with Crippen molar-refractivity contribution < 1.29 is 4.39 Å². The van der Waals surface area contributed by atoms with Crippen molar-refractivity contribution in [1.82, 2.24) is 10.2 Å². The molecule has 22 heavy (non-hydrogen) atoms. The zero-order valence-corrected chi connectivity index (χ0v) is 11.7. The number of nitrogens with zero attached hydrogens (tertiary/aromatic N) is 1. The third-order valence-corrected chi connectivity index (χ3v) is 3.47. The zero-order chi connectivity index (χ0) is 15.5. The summed E-state index contributed by atoms with van der Waals surface area (Å²) in [5, 5.41) is 6.45. The number of halogens is 1. The molecule has 1 atom stereocenters. The fourth-order valence-corrected chi connectivity index (χ4v) is 2.26. The Balaban J connectivity index is 2.04. The van der Waals surface area contributed by atoms with Gasteiger partial charge in [-0.05, 0) is 35.9 Å². The molecule has 0 radical (unpaired) electrons. The van der Waals surface area contributed by atoms with E-state index >= 15 is 0 Å². The van der Waals surface area contributed by atoms with E-state index in [2.05, 4.69) is 10.2 Å². The van der Waals surface area contributed by atoms with Gasteiger partial charge >= 0.3 is 0 Å². The standard InChI is InChI=1S/C17H14FN3O/c18-13-8-6-11(7-9-13)15-10-14(17(22)21-20-15)16(19)12-4-2-1-3-5-12/h1-10,16H,19H2,(H,21,22). The smallest absolute Gasteiger partial charge is 0.269 e. The molecule has 2 aromatic carbocycles. The van der Waals surface area contributed by atoms with E-state index in [1.165, 1.54) is 12.1 Å². The number of hydrogen-bond donors (Lipinski definition) is 2. The number of aromatic amines is 1. The molecule has 5 heteroatoms. The van der Waals surface area contributed by atoms with Crippen molar-refractivity contribution >= 4 is 0 Å². The number of benzene rings is 2. The molecule has 0 fully saturated rings. The molecule has 3 rings (SSSR count). The van der Waals surface area contributed by atoms with Crippen molar-refractivity contribution in [3.05, 3.63) is 88.0 Å². The average Bonchev–Trinajstić information content (AvgIpc) is 2.56. The molecule has 1 unspecified atom stereocenters. The summed E-state index contributed by atoms with van der Waals surface area (Å²) in [5.74, 6) is -0.325. The Labute approximate surface area is 126 Å². The number of aromatic nitrogens is 2. The minimum atomic E-state index is -0.549. The van der Waals surface area contributed by atoms with Gasteiger partial charge in [-0.3, -0.25) is 4.79 Å². The van der Waals surface area contributed by atoms with Crippen LogP contribution in [0.1, 0.15) is 17.2 Å². The molecule has 1 aromatic heterocycles. The van der Waals surface area contributed by atoms with Gasteiger partial charge in [0, 0.05) is 11.1 Å². The molecule has 3 aromatic rings. The molecule has 110 valence electrons. The summed E-state index contributed by atoms with van der Waals surface area (Å²) in [6.07, 6.45) is 0. The van der Waals surface area contributed by atoms with E-state index in [1.807, 2.05) is 30.3 Å². The van der Waals surface area contributed by atoms with Gasteiger partial charge in [-0.1, -0.05) is 30.3 Å². The fraction of sp³-hybridized carbons (Fsp3) is 0.0588. The Hall–Kier alpha value is -2.79. The molecule has 0 aliphatic carbocycles. The van der Waals surface area contributed by atoms with Gasteiger partial charge < -0.3 is 5.73 Å². The van der Waals surface area contributed by atoms with E-state index in [0.717, 1.165) is 5.56 Å². The lowest BCUT2D eigenvalue weighted by molar-refractivity contribution is 0.628. The summed E-state index contributed by atoms with van der Waals surface area (Å²) >= 11 is 0. The third kappa shape index (κ3) is 2.80. The van der Waals surface area contributed by atoms with Crippen LogP contribution < -0.4 is 11.3 Å². The average molecular weight is 295 g/mol. The highest BCUT2D eigenvalue weighted by Gasteiger charge is 2.14. The second-order valence-corrected chi connectivity index (χ2v) is 4.93. The number of nitrogens with one attached hydrogen (secondary N) is 1. The molecule has 0 spiro atoms. The second-order valence-electron chi connectivity index (χ2n) is 4.93. The summed E-state index contributed by atoms with van der Waals surface area (Å²) in [6, 6.07) is 16.3. The SMILES string of the molecule is NC(c1ccccc1)c1cc(-c2ccc(F)cc2)n[nH]c1=O. The fourth-order valence-electron chi connectivity index (χ4n) is 2.26. The first-order chi connectivity index (χ1) is 10.6. The van der Waals surface area contributed by atoms with Gasteiger partial charge in [0.05, 0.1) is 11.7 Å². The normalized spacial score (nSPS) is 12.1. The van der Waals surface area contributed by atoms with Gasteiger partial charge in [0.1, 0.15) is 5.82 Å². The van der Waals surface area contributed by atoms with Crippen LogP contribution >= 0.6 is 0 Å². The van der Waals surface area contributed by atoms with Crippen LogP contribution in [0.3, 0.4) is 0 Å².